The van der Waals surface area contributed by atoms with Gasteiger partial charge in [-0.3, -0.25) is 10.1 Å². The number of nitrogens with zero attached hydrogens (tertiary/aromatic N) is 1. The Balaban J connectivity index is 2.14. The fourth-order valence-electron chi connectivity index (χ4n) is 2.09. The molecule has 1 heterocycles. The highest BCUT2D eigenvalue weighted by Crippen LogP contribution is 2.30. The van der Waals surface area contributed by atoms with Crippen LogP contribution < -0.4 is 10.2 Å². The molecular formula is C13H16N2O3. The van der Waals surface area contributed by atoms with Gasteiger partial charge in [-0.05, 0) is 37.1 Å². The Morgan fingerprint density at radius 1 is 1.44 bits per heavy atom. The van der Waals surface area contributed by atoms with Crippen LogP contribution in [0.15, 0.2) is 18.2 Å². The van der Waals surface area contributed by atoms with E-state index in [9.17, 15) is 9.59 Å². The highest BCUT2D eigenvalue weighted by molar-refractivity contribution is 5.94. The standard InChI is InChI=1S/C13H16N2O3/c1-3-18-13(17)14-11-4-5-12-10(8-11)6-7-15(12)9(2)16/h4-5,8H,3,6-7H2,1-2H3,(H,14,17). The van der Waals surface area contributed by atoms with Gasteiger partial charge in [-0.25, -0.2) is 4.79 Å². The molecule has 1 aromatic rings. The predicted octanol–water partition coefficient (Wildman–Crippen LogP) is 2.16. The van der Waals surface area contributed by atoms with Crippen molar-refractivity contribution in [3.8, 4) is 0 Å². The fraction of sp³-hybridized carbons (Fsp3) is 0.385. The maximum atomic E-state index is 11.4. The first-order chi connectivity index (χ1) is 8.61. The summed E-state index contributed by atoms with van der Waals surface area (Å²) < 4.78 is 4.81. The number of amides is 2. The van der Waals surface area contributed by atoms with E-state index in [1.54, 1.807) is 24.8 Å². The number of carbonyl (C=O) groups is 2. The number of nitrogens with one attached hydrogen (secondary N) is 1. The fourth-order valence-corrected chi connectivity index (χ4v) is 2.09. The summed E-state index contributed by atoms with van der Waals surface area (Å²) in [6.07, 6.45) is 0.353. The van der Waals surface area contributed by atoms with Crippen molar-refractivity contribution in [3.05, 3.63) is 23.8 Å². The molecular weight excluding hydrogens is 232 g/mol. The van der Waals surface area contributed by atoms with Crippen molar-refractivity contribution in [3.63, 3.8) is 0 Å². The number of carbonyl (C=O) groups excluding carboxylic acids is 2. The Kier molecular flexibility index (Phi) is 3.50. The first-order valence-electron chi connectivity index (χ1n) is 5.96. The van der Waals surface area contributed by atoms with Crippen molar-refractivity contribution in [1.29, 1.82) is 0 Å². The summed E-state index contributed by atoms with van der Waals surface area (Å²) in [4.78, 5) is 24.4. The molecule has 18 heavy (non-hydrogen) atoms. The van der Waals surface area contributed by atoms with E-state index >= 15 is 0 Å². The average Bonchev–Trinajstić information content (AvgIpc) is 2.72. The summed E-state index contributed by atoms with van der Waals surface area (Å²) >= 11 is 0. The van der Waals surface area contributed by atoms with Gasteiger partial charge in [0.05, 0.1) is 6.61 Å². The summed E-state index contributed by atoms with van der Waals surface area (Å²) in [5, 5.41) is 2.65. The average molecular weight is 248 g/mol. The van der Waals surface area contributed by atoms with Crippen LogP contribution in [-0.4, -0.2) is 25.2 Å². The molecule has 1 aliphatic rings. The minimum atomic E-state index is -0.459. The third kappa shape index (κ3) is 2.45. The summed E-state index contributed by atoms with van der Waals surface area (Å²) in [7, 11) is 0. The van der Waals surface area contributed by atoms with E-state index in [1.807, 2.05) is 12.1 Å². The Labute approximate surface area is 106 Å². The molecule has 0 saturated heterocycles. The molecule has 5 heteroatoms. The highest BCUT2D eigenvalue weighted by Gasteiger charge is 2.22. The Hall–Kier alpha value is -2.04. The number of anilines is 2. The predicted molar refractivity (Wildman–Crippen MR) is 68.8 cm³/mol. The van der Waals surface area contributed by atoms with Gasteiger partial charge in [-0.1, -0.05) is 0 Å². The molecule has 0 spiro atoms. The van der Waals surface area contributed by atoms with Crippen LogP contribution in [0.2, 0.25) is 0 Å². The van der Waals surface area contributed by atoms with Gasteiger partial charge in [-0.2, -0.15) is 0 Å². The normalized spacial score (nSPS) is 13.1. The molecule has 1 N–H and O–H groups in total. The van der Waals surface area contributed by atoms with Crippen LogP contribution in [-0.2, 0) is 16.0 Å². The molecule has 0 bridgehead atoms. The number of ether oxygens (including phenoxy) is 1. The lowest BCUT2D eigenvalue weighted by Crippen LogP contribution is -2.25. The minimum absolute atomic E-state index is 0.0415. The molecule has 0 aliphatic carbocycles. The molecule has 0 radical (unpaired) electrons. The second-order valence-electron chi connectivity index (χ2n) is 4.11. The first-order valence-corrected chi connectivity index (χ1v) is 5.96. The van der Waals surface area contributed by atoms with Crippen molar-refractivity contribution in [2.75, 3.05) is 23.4 Å². The van der Waals surface area contributed by atoms with Gasteiger partial charge in [0.1, 0.15) is 0 Å². The summed E-state index contributed by atoms with van der Waals surface area (Å²) in [6, 6.07) is 5.51. The molecule has 0 unspecified atom stereocenters. The number of fused-ring (bicyclic) bond motifs is 1. The maximum absolute atomic E-state index is 11.4. The van der Waals surface area contributed by atoms with Crippen LogP contribution in [0.1, 0.15) is 19.4 Å². The van der Waals surface area contributed by atoms with Gasteiger partial charge in [-0.15, -0.1) is 0 Å². The summed E-state index contributed by atoms with van der Waals surface area (Å²) in [6.45, 7) is 4.36. The molecule has 96 valence electrons. The Bertz CT molecular complexity index is 485. The van der Waals surface area contributed by atoms with Crippen molar-refractivity contribution in [2.45, 2.75) is 20.3 Å². The molecule has 2 rings (SSSR count). The highest BCUT2D eigenvalue weighted by atomic mass is 16.5. The van der Waals surface area contributed by atoms with Gasteiger partial charge in [0.2, 0.25) is 5.91 Å². The third-order valence-electron chi connectivity index (χ3n) is 2.88. The van der Waals surface area contributed by atoms with E-state index in [0.717, 1.165) is 17.7 Å². The van der Waals surface area contributed by atoms with Crippen LogP contribution >= 0.6 is 0 Å². The number of benzene rings is 1. The smallest absolute Gasteiger partial charge is 0.411 e. The third-order valence-corrected chi connectivity index (χ3v) is 2.88. The van der Waals surface area contributed by atoms with Gasteiger partial charge < -0.3 is 9.64 Å². The van der Waals surface area contributed by atoms with Crippen LogP contribution in [0.5, 0.6) is 0 Å². The molecule has 2 amide bonds. The molecule has 0 saturated carbocycles. The summed E-state index contributed by atoms with van der Waals surface area (Å²) in [5.41, 5.74) is 2.69. The van der Waals surface area contributed by atoms with Gasteiger partial charge in [0.15, 0.2) is 0 Å². The minimum Gasteiger partial charge on any atom is -0.450 e. The zero-order chi connectivity index (χ0) is 13.1. The van der Waals surface area contributed by atoms with E-state index < -0.39 is 6.09 Å². The van der Waals surface area contributed by atoms with Crippen molar-refractivity contribution in [2.24, 2.45) is 0 Å². The maximum Gasteiger partial charge on any atom is 0.411 e. The van der Waals surface area contributed by atoms with Crippen LogP contribution in [0.4, 0.5) is 16.2 Å². The van der Waals surface area contributed by atoms with E-state index in [2.05, 4.69) is 5.32 Å². The van der Waals surface area contributed by atoms with Crippen molar-refractivity contribution < 1.29 is 14.3 Å². The van der Waals surface area contributed by atoms with Gasteiger partial charge >= 0.3 is 6.09 Å². The quantitative estimate of drug-likeness (QED) is 0.872. The molecule has 5 nitrogen and oxygen atoms in total. The lowest BCUT2D eigenvalue weighted by atomic mass is 10.1. The zero-order valence-electron chi connectivity index (χ0n) is 10.5. The van der Waals surface area contributed by atoms with E-state index in [4.69, 9.17) is 4.74 Å². The SMILES string of the molecule is CCOC(=O)Nc1ccc2c(c1)CCN2C(C)=O. The van der Waals surface area contributed by atoms with Crippen LogP contribution in [0.25, 0.3) is 0 Å². The van der Waals surface area contributed by atoms with Crippen LogP contribution in [0.3, 0.4) is 0 Å². The van der Waals surface area contributed by atoms with Crippen molar-refractivity contribution >= 4 is 23.4 Å². The number of hydrogen-bond acceptors (Lipinski definition) is 3. The largest absolute Gasteiger partial charge is 0.450 e. The molecule has 0 atom stereocenters. The molecule has 0 fully saturated rings. The van der Waals surface area contributed by atoms with Gasteiger partial charge in [0.25, 0.3) is 0 Å². The second kappa shape index (κ2) is 5.08. The van der Waals surface area contributed by atoms with Crippen LogP contribution in [0, 0.1) is 0 Å². The lowest BCUT2D eigenvalue weighted by Gasteiger charge is -2.15. The number of rotatable bonds is 2. The van der Waals surface area contributed by atoms with E-state index in [0.29, 0.717) is 18.8 Å². The lowest BCUT2D eigenvalue weighted by molar-refractivity contribution is -0.116. The van der Waals surface area contributed by atoms with Gasteiger partial charge in [0, 0.05) is 24.8 Å². The molecule has 0 aromatic heterocycles. The zero-order valence-corrected chi connectivity index (χ0v) is 10.5. The monoisotopic (exact) mass is 248 g/mol. The van der Waals surface area contributed by atoms with Crippen molar-refractivity contribution in [1.82, 2.24) is 0 Å². The topological polar surface area (TPSA) is 58.6 Å². The molecule has 1 aromatic carbocycles. The van der Waals surface area contributed by atoms with E-state index in [1.165, 1.54) is 0 Å². The second-order valence-corrected chi connectivity index (χ2v) is 4.11. The molecule has 1 aliphatic heterocycles. The Morgan fingerprint density at radius 2 is 2.22 bits per heavy atom. The Morgan fingerprint density at radius 3 is 2.89 bits per heavy atom. The summed E-state index contributed by atoms with van der Waals surface area (Å²) in [5.74, 6) is 0.0415. The van der Waals surface area contributed by atoms with E-state index in [-0.39, 0.29) is 5.91 Å². The first kappa shape index (κ1) is 12.4. The number of hydrogen-bond donors (Lipinski definition) is 1.